The lowest BCUT2D eigenvalue weighted by molar-refractivity contribution is -0.0438. The van der Waals surface area contributed by atoms with Crippen molar-refractivity contribution in [1.82, 2.24) is 0 Å². The van der Waals surface area contributed by atoms with Crippen LogP contribution in [0.15, 0.2) is 24.3 Å². The van der Waals surface area contributed by atoms with Crippen molar-refractivity contribution in [3.63, 3.8) is 0 Å². The number of halogens is 3. The highest BCUT2D eigenvalue weighted by Crippen LogP contribution is 2.35. The average molecular weight is 280 g/mol. The minimum atomic E-state index is -5.39. The normalized spacial score (nSPS) is 20.7. The fourth-order valence-electron chi connectivity index (χ4n) is 1.94. The van der Waals surface area contributed by atoms with Crippen molar-refractivity contribution in [3.05, 3.63) is 29.8 Å². The lowest BCUT2D eigenvalue weighted by atomic mass is 10.0. The predicted molar refractivity (Wildman–Crippen MR) is 60.4 cm³/mol. The molecule has 0 saturated heterocycles. The second-order valence-electron chi connectivity index (χ2n) is 4.07. The maximum absolute atomic E-state index is 12.6. The molecule has 1 aliphatic rings. The monoisotopic (exact) mass is 280 g/mol. The minimum absolute atomic E-state index is 0.0523. The Balaban J connectivity index is 2.54. The fraction of sp³-hybridized carbons (Fsp3) is 0.400. The van der Waals surface area contributed by atoms with Crippen molar-refractivity contribution in [3.8, 4) is 0 Å². The number of fused-ring (bicyclic) bond motifs is 1. The van der Waals surface area contributed by atoms with E-state index in [9.17, 15) is 21.6 Å². The Morgan fingerprint density at radius 3 is 2.50 bits per heavy atom. The average Bonchev–Trinajstić information content (AvgIpc) is 2.26. The Bertz CT molecular complexity index is 556. The molecule has 4 nitrogen and oxygen atoms in total. The van der Waals surface area contributed by atoms with E-state index in [1.165, 1.54) is 12.1 Å². The van der Waals surface area contributed by atoms with Gasteiger partial charge in [0.2, 0.25) is 0 Å². The summed E-state index contributed by atoms with van der Waals surface area (Å²) >= 11 is 0. The first kappa shape index (κ1) is 13.2. The number of benzene rings is 1. The summed E-state index contributed by atoms with van der Waals surface area (Å²) in [4.78, 5) is 0. The van der Waals surface area contributed by atoms with Gasteiger partial charge in [0, 0.05) is 12.6 Å². The van der Waals surface area contributed by atoms with Crippen LogP contribution in [0.25, 0.3) is 0 Å². The summed E-state index contributed by atoms with van der Waals surface area (Å²) in [5, 5.41) is 0. The van der Waals surface area contributed by atoms with Crippen molar-refractivity contribution in [2.45, 2.75) is 18.0 Å². The molecule has 2 N–H and O–H groups in total. The Labute approximate surface area is 102 Å². The van der Waals surface area contributed by atoms with E-state index >= 15 is 0 Å². The number of rotatable bonds is 1. The van der Waals surface area contributed by atoms with Crippen LogP contribution in [0.1, 0.15) is 5.56 Å². The van der Waals surface area contributed by atoms with E-state index in [0.29, 0.717) is 16.3 Å². The van der Waals surface area contributed by atoms with E-state index in [1.54, 1.807) is 12.1 Å². The van der Waals surface area contributed by atoms with Crippen LogP contribution in [0, 0.1) is 0 Å². The van der Waals surface area contributed by atoms with Gasteiger partial charge in [-0.05, 0) is 18.1 Å². The third kappa shape index (κ3) is 2.05. The van der Waals surface area contributed by atoms with Crippen LogP contribution < -0.4 is 10.0 Å². The summed E-state index contributed by atoms with van der Waals surface area (Å²) in [6.07, 6.45) is 0.361. The van der Waals surface area contributed by atoms with E-state index in [0.717, 1.165) is 0 Å². The molecule has 1 unspecified atom stereocenters. The largest absolute Gasteiger partial charge is 0.516 e. The number of nitrogens with zero attached hydrogens (tertiary/aromatic N) is 1. The molecular formula is C10H11F3N2O2S. The lowest BCUT2D eigenvalue weighted by Gasteiger charge is -2.33. The van der Waals surface area contributed by atoms with Gasteiger partial charge in [-0.15, -0.1) is 0 Å². The highest BCUT2D eigenvalue weighted by atomic mass is 32.2. The highest BCUT2D eigenvalue weighted by molar-refractivity contribution is 7.93. The second-order valence-corrected chi connectivity index (χ2v) is 5.93. The van der Waals surface area contributed by atoms with Crippen molar-refractivity contribution in [1.29, 1.82) is 0 Å². The zero-order valence-electron chi connectivity index (χ0n) is 9.18. The Kier molecular flexibility index (Phi) is 3.02. The van der Waals surface area contributed by atoms with Gasteiger partial charge in [0.05, 0.1) is 5.69 Å². The zero-order chi connectivity index (χ0) is 13.6. The molecule has 0 saturated carbocycles. The number of hydrogen-bond acceptors (Lipinski definition) is 3. The highest BCUT2D eigenvalue weighted by Gasteiger charge is 2.51. The number of hydrogen-bond donors (Lipinski definition) is 1. The van der Waals surface area contributed by atoms with Crippen LogP contribution in [0.5, 0.6) is 0 Å². The number of alkyl halides is 3. The number of sulfonamides is 1. The SMILES string of the molecule is NC1Cc2ccccc2N(S(=O)(=O)C(F)(F)F)C1. The molecule has 1 aromatic rings. The number of anilines is 1. The van der Waals surface area contributed by atoms with Crippen LogP contribution in [0.4, 0.5) is 18.9 Å². The summed E-state index contributed by atoms with van der Waals surface area (Å²) < 4.78 is 61.0. The molecule has 0 aromatic heterocycles. The quantitative estimate of drug-likeness (QED) is 0.841. The van der Waals surface area contributed by atoms with Gasteiger partial charge < -0.3 is 5.73 Å². The third-order valence-corrected chi connectivity index (χ3v) is 4.24. The van der Waals surface area contributed by atoms with Crippen molar-refractivity contribution >= 4 is 15.7 Å². The first-order chi connectivity index (χ1) is 8.23. The Morgan fingerprint density at radius 2 is 1.89 bits per heavy atom. The van der Waals surface area contributed by atoms with Gasteiger partial charge in [-0.3, -0.25) is 4.31 Å². The number of nitrogens with two attached hydrogens (primary N) is 1. The van der Waals surface area contributed by atoms with Gasteiger partial charge in [0.15, 0.2) is 0 Å². The van der Waals surface area contributed by atoms with Crippen LogP contribution in [-0.2, 0) is 16.4 Å². The molecular weight excluding hydrogens is 269 g/mol. The molecule has 0 radical (unpaired) electrons. The number of para-hydroxylation sites is 1. The molecule has 100 valence electrons. The second kappa shape index (κ2) is 4.13. The van der Waals surface area contributed by atoms with Crippen molar-refractivity contribution in [2.75, 3.05) is 10.8 Å². The molecule has 1 heterocycles. The first-order valence-electron chi connectivity index (χ1n) is 5.16. The standard InChI is InChI=1S/C10H11F3N2O2S/c11-10(12,13)18(16,17)15-6-8(14)5-7-3-1-2-4-9(7)15/h1-4,8H,5-6,14H2. The maximum Gasteiger partial charge on any atom is 0.516 e. The summed E-state index contributed by atoms with van der Waals surface area (Å²) in [6, 6.07) is 5.42. The summed E-state index contributed by atoms with van der Waals surface area (Å²) in [5.41, 5.74) is 0.840. The smallest absolute Gasteiger partial charge is 0.326 e. The Hall–Kier alpha value is -1.28. The van der Waals surface area contributed by atoms with Gasteiger partial charge in [0.1, 0.15) is 0 Å². The third-order valence-electron chi connectivity index (χ3n) is 2.73. The summed E-state index contributed by atoms with van der Waals surface area (Å²) in [7, 11) is -5.39. The van der Waals surface area contributed by atoms with Gasteiger partial charge in [0.25, 0.3) is 0 Å². The van der Waals surface area contributed by atoms with Gasteiger partial charge in [-0.1, -0.05) is 18.2 Å². The predicted octanol–water partition coefficient (Wildman–Crippen LogP) is 1.23. The topological polar surface area (TPSA) is 63.4 Å². The van der Waals surface area contributed by atoms with Crippen LogP contribution in [0.2, 0.25) is 0 Å². The van der Waals surface area contributed by atoms with E-state index in [4.69, 9.17) is 5.73 Å². The van der Waals surface area contributed by atoms with Crippen molar-refractivity contribution < 1.29 is 21.6 Å². The van der Waals surface area contributed by atoms with E-state index in [-0.39, 0.29) is 12.2 Å². The van der Waals surface area contributed by atoms with Crippen molar-refractivity contribution in [2.24, 2.45) is 5.73 Å². The summed E-state index contributed by atoms with van der Waals surface area (Å²) in [5.74, 6) is 0. The molecule has 1 aromatic carbocycles. The first-order valence-corrected chi connectivity index (χ1v) is 6.60. The van der Waals surface area contributed by atoms with Gasteiger partial charge in [-0.2, -0.15) is 21.6 Å². The van der Waals surface area contributed by atoms with Gasteiger partial charge in [-0.25, -0.2) is 0 Å². The maximum atomic E-state index is 12.6. The molecule has 0 fully saturated rings. The van der Waals surface area contributed by atoms with E-state index in [2.05, 4.69) is 0 Å². The van der Waals surface area contributed by atoms with E-state index in [1.807, 2.05) is 0 Å². The van der Waals surface area contributed by atoms with Gasteiger partial charge >= 0.3 is 15.5 Å². The lowest BCUT2D eigenvalue weighted by Crippen LogP contribution is -2.50. The molecule has 0 aliphatic carbocycles. The zero-order valence-corrected chi connectivity index (χ0v) is 10.0. The molecule has 0 bridgehead atoms. The fourth-order valence-corrected chi connectivity index (χ4v) is 3.01. The summed E-state index contributed by atoms with van der Waals surface area (Å²) in [6.45, 7) is -0.362. The van der Waals surface area contributed by atoms with Crippen LogP contribution >= 0.6 is 0 Å². The van der Waals surface area contributed by atoms with Crippen LogP contribution in [-0.4, -0.2) is 26.5 Å². The van der Waals surface area contributed by atoms with Crippen LogP contribution in [0.3, 0.4) is 0 Å². The molecule has 1 aliphatic heterocycles. The minimum Gasteiger partial charge on any atom is -0.326 e. The Morgan fingerprint density at radius 1 is 1.28 bits per heavy atom. The molecule has 0 spiro atoms. The molecule has 1 atom stereocenters. The molecule has 0 amide bonds. The molecule has 2 rings (SSSR count). The molecule has 18 heavy (non-hydrogen) atoms. The van der Waals surface area contributed by atoms with E-state index < -0.39 is 21.6 Å². The molecule has 8 heteroatoms.